The van der Waals surface area contributed by atoms with Crippen molar-refractivity contribution in [3.63, 3.8) is 0 Å². The molecule has 0 aliphatic heterocycles. The van der Waals surface area contributed by atoms with Gasteiger partial charge in [-0.1, -0.05) is 37.8 Å². The average molecular weight is 287 g/mol. The molecule has 2 nitrogen and oxygen atoms in total. The molecular formula is C15H20F3NO. The Kier molecular flexibility index (Phi) is 4.58. The number of hydrogen-bond acceptors (Lipinski definition) is 2. The second kappa shape index (κ2) is 6.04. The fourth-order valence-corrected chi connectivity index (χ4v) is 2.82. The molecule has 0 saturated heterocycles. The standard InChI is InChI=1S/C15H20F3NO/c16-15(17,18)20-13-7-5-12(6-8-13)11-14(19)9-3-1-2-4-10-14/h5-8H,1-4,9-11,19H2. The van der Waals surface area contributed by atoms with Gasteiger partial charge in [0, 0.05) is 5.54 Å². The zero-order valence-corrected chi connectivity index (χ0v) is 11.4. The van der Waals surface area contributed by atoms with Crippen molar-refractivity contribution < 1.29 is 17.9 Å². The highest BCUT2D eigenvalue weighted by Gasteiger charge is 2.31. The van der Waals surface area contributed by atoms with Crippen molar-refractivity contribution in [2.24, 2.45) is 5.73 Å². The molecule has 0 aromatic heterocycles. The number of hydrogen-bond donors (Lipinski definition) is 1. The van der Waals surface area contributed by atoms with Crippen LogP contribution in [-0.2, 0) is 6.42 Å². The van der Waals surface area contributed by atoms with Crippen molar-refractivity contribution in [2.45, 2.75) is 56.8 Å². The van der Waals surface area contributed by atoms with E-state index in [1.54, 1.807) is 12.1 Å². The maximum absolute atomic E-state index is 12.1. The van der Waals surface area contributed by atoms with Crippen LogP contribution >= 0.6 is 0 Å². The van der Waals surface area contributed by atoms with Gasteiger partial charge in [-0.05, 0) is 37.0 Å². The third kappa shape index (κ3) is 4.71. The molecular weight excluding hydrogens is 267 g/mol. The number of benzene rings is 1. The van der Waals surface area contributed by atoms with E-state index in [1.165, 1.54) is 25.0 Å². The normalized spacial score (nSPS) is 19.4. The third-order valence-electron chi connectivity index (χ3n) is 3.81. The molecule has 0 heterocycles. The lowest BCUT2D eigenvalue weighted by Gasteiger charge is -2.28. The van der Waals surface area contributed by atoms with Crippen molar-refractivity contribution in [3.8, 4) is 5.75 Å². The van der Waals surface area contributed by atoms with Gasteiger partial charge >= 0.3 is 6.36 Å². The van der Waals surface area contributed by atoms with Gasteiger partial charge in [-0.3, -0.25) is 0 Å². The molecule has 1 saturated carbocycles. The van der Waals surface area contributed by atoms with E-state index >= 15 is 0 Å². The second-order valence-corrected chi connectivity index (χ2v) is 5.65. The van der Waals surface area contributed by atoms with Crippen molar-refractivity contribution >= 4 is 0 Å². The summed E-state index contributed by atoms with van der Waals surface area (Å²) in [6.07, 6.45) is 2.73. The smallest absolute Gasteiger partial charge is 0.406 e. The van der Waals surface area contributed by atoms with Gasteiger partial charge < -0.3 is 10.5 Å². The first-order valence-corrected chi connectivity index (χ1v) is 7.00. The molecule has 112 valence electrons. The number of ether oxygens (including phenoxy) is 1. The summed E-state index contributed by atoms with van der Waals surface area (Å²) in [5, 5.41) is 0. The molecule has 1 aromatic carbocycles. The van der Waals surface area contributed by atoms with Crippen LogP contribution in [0.3, 0.4) is 0 Å². The van der Waals surface area contributed by atoms with E-state index in [0.717, 1.165) is 31.2 Å². The highest BCUT2D eigenvalue weighted by molar-refractivity contribution is 5.28. The Morgan fingerprint density at radius 1 is 1.00 bits per heavy atom. The van der Waals surface area contributed by atoms with Crippen LogP contribution in [0, 0.1) is 0 Å². The van der Waals surface area contributed by atoms with Crippen LogP contribution in [0.5, 0.6) is 5.75 Å². The summed E-state index contributed by atoms with van der Waals surface area (Å²) in [5.41, 5.74) is 7.16. The number of rotatable bonds is 3. The molecule has 1 aliphatic carbocycles. The second-order valence-electron chi connectivity index (χ2n) is 5.65. The summed E-state index contributed by atoms with van der Waals surface area (Å²) in [4.78, 5) is 0. The predicted octanol–water partition coefficient (Wildman–Crippen LogP) is 4.18. The monoisotopic (exact) mass is 287 g/mol. The van der Waals surface area contributed by atoms with Crippen LogP contribution in [0.1, 0.15) is 44.1 Å². The molecule has 0 radical (unpaired) electrons. The molecule has 0 bridgehead atoms. The van der Waals surface area contributed by atoms with E-state index in [9.17, 15) is 13.2 Å². The SMILES string of the molecule is NC1(Cc2ccc(OC(F)(F)F)cc2)CCCCCC1. The van der Waals surface area contributed by atoms with E-state index < -0.39 is 6.36 Å². The Labute approximate surface area is 117 Å². The number of alkyl halides is 3. The summed E-state index contributed by atoms with van der Waals surface area (Å²) in [6.45, 7) is 0. The fraction of sp³-hybridized carbons (Fsp3) is 0.600. The van der Waals surface area contributed by atoms with E-state index in [1.807, 2.05) is 0 Å². The van der Waals surface area contributed by atoms with Gasteiger partial charge in [-0.2, -0.15) is 0 Å². The molecule has 0 spiro atoms. The summed E-state index contributed by atoms with van der Waals surface area (Å²) in [5.74, 6) is -0.187. The van der Waals surface area contributed by atoms with Crippen molar-refractivity contribution in [2.75, 3.05) is 0 Å². The van der Waals surface area contributed by atoms with Gasteiger partial charge in [0.25, 0.3) is 0 Å². The Balaban J connectivity index is 1.99. The summed E-state index contributed by atoms with van der Waals surface area (Å²) in [7, 11) is 0. The van der Waals surface area contributed by atoms with Crippen molar-refractivity contribution in [1.82, 2.24) is 0 Å². The molecule has 1 fully saturated rings. The summed E-state index contributed by atoms with van der Waals surface area (Å²) < 4.78 is 40.1. The average Bonchev–Trinajstić information content (AvgIpc) is 2.55. The van der Waals surface area contributed by atoms with E-state index in [0.29, 0.717) is 6.42 Å². The van der Waals surface area contributed by atoms with E-state index in [2.05, 4.69) is 4.74 Å². The first-order valence-electron chi connectivity index (χ1n) is 7.00. The molecule has 0 atom stereocenters. The lowest BCUT2D eigenvalue weighted by atomic mass is 9.85. The van der Waals surface area contributed by atoms with Crippen LogP contribution in [0.25, 0.3) is 0 Å². The van der Waals surface area contributed by atoms with Crippen LogP contribution in [-0.4, -0.2) is 11.9 Å². The number of halogens is 3. The highest BCUT2D eigenvalue weighted by atomic mass is 19.4. The van der Waals surface area contributed by atoms with E-state index in [4.69, 9.17) is 5.73 Å². The van der Waals surface area contributed by atoms with Crippen molar-refractivity contribution in [3.05, 3.63) is 29.8 Å². The molecule has 1 aromatic rings. The van der Waals surface area contributed by atoms with Gasteiger partial charge in [0.05, 0.1) is 0 Å². The number of nitrogens with two attached hydrogens (primary N) is 1. The molecule has 2 rings (SSSR count). The quantitative estimate of drug-likeness (QED) is 0.846. The molecule has 1 aliphatic rings. The lowest BCUT2D eigenvalue weighted by molar-refractivity contribution is -0.274. The Morgan fingerprint density at radius 2 is 1.55 bits per heavy atom. The van der Waals surface area contributed by atoms with Gasteiger partial charge in [0.1, 0.15) is 5.75 Å². The van der Waals surface area contributed by atoms with Gasteiger partial charge in [0.15, 0.2) is 0 Å². The topological polar surface area (TPSA) is 35.2 Å². The first kappa shape index (κ1) is 15.2. The summed E-state index contributed by atoms with van der Waals surface area (Å²) >= 11 is 0. The van der Waals surface area contributed by atoms with Crippen molar-refractivity contribution in [1.29, 1.82) is 0 Å². The maximum Gasteiger partial charge on any atom is 0.573 e. The van der Waals surface area contributed by atoms with Gasteiger partial charge in [0.2, 0.25) is 0 Å². The van der Waals surface area contributed by atoms with Crippen LogP contribution in [0.2, 0.25) is 0 Å². The Bertz CT molecular complexity index is 420. The Hall–Kier alpha value is -1.23. The fourth-order valence-electron chi connectivity index (χ4n) is 2.82. The molecule has 5 heteroatoms. The Morgan fingerprint density at radius 3 is 2.05 bits per heavy atom. The minimum atomic E-state index is -4.64. The minimum Gasteiger partial charge on any atom is -0.406 e. The van der Waals surface area contributed by atoms with Crippen LogP contribution < -0.4 is 10.5 Å². The van der Waals surface area contributed by atoms with E-state index in [-0.39, 0.29) is 11.3 Å². The zero-order chi connectivity index (χ0) is 14.6. The van der Waals surface area contributed by atoms with Gasteiger partial charge in [-0.15, -0.1) is 13.2 Å². The molecule has 20 heavy (non-hydrogen) atoms. The third-order valence-corrected chi connectivity index (χ3v) is 3.81. The molecule has 0 unspecified atom stereocenters. The maximum atomic E-state index is 12.1. The first-order chi connectivity index (χ1) is 9.36. The van der Waals surface area contributed by atoms with Crippen LogP contribution in [0.15, 0.2) is 24.3 Å². The summed E-state index contributed by atoms with van der Waals surface area (Å²) in [6, 6.07) is 6.03. The highest BCUT2D eigenvalue weighted by Crippen LogP contribution is 2.29. The van der Waals surface area contributed by atoms with Crippen LogP contribution in [0.4, 0.5) is 13.2 Å². The molecule has 0 amide bonds. The minimum absolute atomic E-state index is 0.187. The predicted molar refractivity (Wildman–Crippen MR) is 71.4 cm³/mol. The molecule has 2 N–H and O–H groups in total. The zero-order valence-electron chi connectivity index (χ0n) is 11.4. The largest absolute Gasteiger partial charge is 0.573 e. The lowest BCUT2D eigenvalue weighted by Crippen LogP contribution is -2.41. The van der Waals surface area contributed by atoms with Gasteiger partial charge in [-0.25, -0.2) is 0 Å².